The van der Waals surface area contributed by atoms with Gasteiger partial charge in [0, 0.05) is 17.6 Å². The van der Waals surface area contributed by atoms with Crippen LogP contribution in [0.5, 0.6) is 0 Å². The van der Waals surface area contributed by atoms with Gasteiger partial charge in [0.1, 0.15) is 5.69 Å². The first-order valence-electron chi connectivity index (χ1n) is 7.84. The Labute approximate surface area is 150 Å². The summed E-state index contributed by atoms with van der Waals surface area (Å²) < 4.78 is 5.29. The minimum Gasteiger partial charge on any atom is -0.463 e. The summed E-state index contributed by atoms with van der Waals surface area (Å²) in [6, 6.07) is 12.8. The summed E-state index contributed by atoms with van der Waals surface area (Å²) in [5.74, 6) is 0.377. The van der Waals surface area contributed by atoms with Crippen LogP contribution in [0.1, 0.15) is 22.1 Å². The topological polar surface area (TPSA) is 74.2 Å². The molecule has 0 aliphatic rings. The Kier molecular flexibility index (Phi) is 5.21. The molecule has 2 aromatic heterocycles. The lowest BCUT2D eigenvalue weighted by Gasteiger charge is -2.25. The third kappa shape index (κ3) is 3.92. The Balaban J connectivity index is 1.69. The summed E-state index contributed by atoms with van der Waals surface area (Å²) in [7, 11) is 3.90. The molecule has 3 aromatic rings. The lowest BCUT2D eigenvalue weighted by atomic mass is 10.1. The molecule has 1 atom stereocenters. The molecule has 1 unspecified atom stereocenters. The van der Waals surface area contributed by atoms with Gasteiger partial charge in [-0.3, -0.25) is 9.89 Å². The predicted octanol–water partition coefficient (Wildman–Crippen LogP) is 3.36. The van der Waals surface area contributed by atoms with Crippen LogP contribution in [0.4, 0.5) is 0 Å². The van der Waals surface area contributed by atoms with Crippen molar-refractivity contribution in [3.05, 3.63) is 65.0 Å². The third-order valence-electron chi connectivity index (χ3n) is 3.94. The zero-order valence-electron chi connectivity index (χ0n) is 14.0. The molecule has 0 radical (unpaired) electrons. The van der Waals surface area contributed by atoms with Crippen molar-refractivity contribution in [2.75, 3.05) is 20.6 Å². The van der Waals surface area contributed by atoms with Crippen LogP contribution in [-0.4, -0.2) is 41.6 Å². The van der Waals surface area contributed by atoms with Gasteiger partial charge in [-0.2, -0.15) is 5.10 Å². The van der Waals surface area contributed by atoms with Crippen LogP contribution in [0, 0.1) is 0 Å². The number of benzene rings is 1. The third-order valence-corrected chi connectivity index (χ3v) is 4.28. The normalized spacial score (nSPS) is 12.3. The van der Waals surface area contributed by atoms with Crippen molar-refractivity contribution in [1.82, 2.24) is 20.4 Å². The van der Waals surface area contributed by atoms with Crippen LogP contribution >= 0.6 is 11.6 Å². The lowest BCUT2D eigenvalue weighted by molar-refractivity contribution is 0.0937. The highest BCUT2D eigenvalue weighted by Crippen LogP contribution is 2.25. The number of hydrogen-bond donors (Lipinski definition) is 2. The molecule has 130 valence electrons. The van der Waals surface area contributed by atoms with Gasteiger partial charge in [0.25, 0.3) is 5.91 Å². The van der Waals surface area contributed by atoms with E-state index in [2.05, 4.69) is 15.5 Å². The highest BCUT2D eigenvalue weighted by molar-refractivity contribution is 6.31. The maximum Gasteiger partial charge on any atom is 0.271 e. The lowest BCUT2D eigenvalue weighted by Crippen LogP contribution is -2.34. The number of hydrogen-bond acceptors (Lipinski definition) is 4. The van der Waals surface area contributed by atoms with Crippen molar-refractivity contribution < 1.29 is 9.21 Å². The molecular formula is C18H19ClN4O2. The van der Waals surface area contributed by atoms with Crippen molar-refractivity contribution in [1.29, 1.82) is 0 Å². The smallest absolute Gasteiger partial charge is 0.271 e. The Morgan fingerprint density at radius 3 is 2.80 bits per heavy atom. The summed E-state index contributed by atoms with van der Waals surface area (Å²) >= 11 is 6.29. The second kappa shape index (κ2) is 7.55. The molecule has 0 fully saturated rings. The molecule has 0 spiro atoms. The summed E-state index contributed by atoms with van der Waals surface area (Å²) in [6.45, 7) is 0.415. The van der Waals surface area contributed by atoms with Gasteiger partial charge in [-0.15, -0.1) is 0 Å². The van der Waals surface area contributed by atoms with E-state index in [-0.39, 0.29) is 11.9 Å². The SMILES string of the molecule is CN(C)C(CNC(=O)c1cc(-c2ccco2)[nH]n1)c1ccccc1Cl. The van der Waals surface area contributed by atoms with Crippen LogP contribution in [0.2, 0.25) is 5.02 Å². The zero-order valence-corrected chi connectivity index (χ0v) is 14.7. The van der Waals surface area contributed by atoms with Crippen molar-refractivity contribution in [2.24, 2.45) is 0 Å². The summed E-state index contributed by atoms with van der Waals surface area (Å²) in [5.41, 5.74) is 1.93. The molecule has 3 rings (SSSR count). The number of halogens is 1. The number of likely N-dealkylation sites (N-methyl/N-ethyl adjacent to an activating group) is 1. The average Bonchev–Trinajstić information content (AvgIpc) is 3.27. The van der Waals surface area contributed by atoms with Crippen LogP contribution in [0.3, 0.4) is 0 Å². The van der Waals surface area contributed by atoms with Gasteiger partial charge in [0.15, 0.2) is 11.5 Å². The molecule has 1 amide bonds. The minimum atomic E-state index is -0.257. The highest BCUT2D eigenvalue weighted by Gasteiger charge is 2.19. The second-order valence-corrected chi connectivity index (χ2v) is 6.26. The number of H-pyrrole nitrogens is 1. The number of aromatic nitrogens is 2. The summed E-state index contributed by atoms with van der Waals surface area (Å²) in [6.07, 6.45) is 1.57. The maximum atomic E-state index is 12.4. The molecule has 0 saturated heterocycles. The number of amides is 1. The highest BCUT2D eigenvalue weighted by atomic mass is 35.5. The molecule has 0 aliphatic carbocycles. The first kappa shape index (κ1) is 17.3. The van der Waals surface area contributed by atoms with Crippen molar-refractivity contribution in [2.45, 2.75) is 6.04 Å². The first-order valence-corrected chi connectivity index (χ1v) is 8.22. The quantitative estimate of drug-likeness (QED) is 0.708. The van der Waals surface area contributed by atoms with E-state index in [4.69, 9.17) is 16.0 Å². The van der Waals surface area contributed by atoms with Gasteiger partial charge < -0.3 is 14.6 Å². The van der Waals surface area contributed by atoms with Gasteiger partial charge in [-0.1, -0.05) is 29.8 Å². The first-order chi connectivity index (χ1) is 12.1. The molecule has 6 nitrogen and oxygen atoms in total. The van der Waals surface area contributed by atoms with Crippen LogP contribution in [0.15, 0.2) is 53.1 Å². The predicted molar refractivity (Wildman–Crippen MR) is 96.5 cm³/mol. The van der Waals surface area contributed by atoms with Crippen LogP contribution in [0.25, 0.3) is 11.5 Å². The van der Waals surface area contributed by atoms with Gasteiger partial charge in [0.05, 0.1) is 12.3 Å². The monoisotopic (exact) mass is 358 g/mol. The fourth-order valence-corrected chi connectivity index (χ4v) is 2.85. The van der Waals surface area contributed by atoms with Gasteiger partial charge in [-0.25, -0.2) is 0 Å². The Bertz CT molecular complexity index is 842. The Hall–Kier alpha value is -2.57. The summed E-state index contributed by atoms with van der Waals surface area (Å²) in [5, 5.41) is 10.4. The van der Waals surface area contributed by atoms with Crippen LogP contribution < -0.4 is 5.32 Å². The van der Waals surface area contributed by atoms with E-state index in [0.717, 1.165) is 5.56 Å². The number of furan rings is 1. The van der Waals surface area contributed by atoms with Gasteiger partial charge >= 0.3 is 0 Å². The maximum absolute atomic E-state index is 12.4. The molecule has 0 aliphatic heterocycles. The Morgan fingerprint density at radius 2 is 2.12 bits per heavy atom. The number of carbonyl (C=O) groups excluding carboxylic acids is 1. The molecule has 1 aromatic carbocycles. The van der Waals surface area contributed by atoms with E-state index < -0.39 is 0 Å². The molecule has 25 heavy (non-hydrogen) atoms. The average molecular weight is 359 g/mol. The largest absolute Gasteiger partial charge is 0.463 e. The second-order valence-electron chi connectivity index (χ2n) is 5.86. The van der Waals surface area contributed by atoms with Crippen molar-refractivity contribution in [3.63, 3.8) is 0 Å². The molecule has 0 bridgehead atoms. The standard InChI is InChI=1S/C18H19ClN4O2/c1-23(2)16(12-6-3-4-7-13(12)19)11-20-18(24)15-10-14(21-22-15)17-8-5-9-25-17/h3-10,16H,11H2,1-2H3,(H,20,24)(H,21,22). The van der Waals surface area contributed by atoms with E-state index >= 15 is 0 Å². The van der Waals surface area contributed by atoms with Gasteiger partial charge in [-0.05, 0) is 37.9 Å². The molecular weight excluding hydrogens is 340 g/mol. The Morgan fingerprint density at radius 1 is 1.32 bits per heavy atom. The number of rotatable bonds is 6. The minimum absolute atomic E-state index is 0.0406. The number of aromatic amines is 1. The summed E-state index contributed by atoms with van der Waals surface area (Å²) in [4.78, 5) is 14.4. The zero-order chi connectivity index (χ0) is 17.8. The number of nitrogens with zero attached hydrogens (tertiary/aromatic N) is 2. The van der Waals surface area contributed by atoms with Crippen molar-refractivity contribution >= 4 is 17.5 Å². The fourth-order valence-electron chi connectivity index (χ4n) is 2.59. The number of carbonyl (C=O) groups is 1. The molecule has 2 N–H and O–H groups in total. The number of nitrogens with one attached hydrogen (secondary N) is 2. The van der Waals surface area contributed by atoms with Crippen LogP contribution in [-0.2, 0) is 0 Å². The van der Waals surface area contributed by atoms with E-state index in [1.807, 2.05) is 43.3 Å². The molecule has 2 heterocycles. The van der Waals surface area contributed by atoms with E-state index in [1.54, 1.807) is 24.5 Å². The van der Waals surface area contributed by atoms with E-state index in [0.29, 0.717) is 28.7 Å². The molecule has 7 heteroatoms. The fraction of sp³-hybridized carbons (Fsp3) is 0.222. The van der Waals surface area contributed by atoms with Crippen molar-refractivity contribution in [3.8, 4) is 11.5 Å². The van der Waals surface area contributed by atoms with E-state index in [1.165, 1.54) is 0 Å². The van der Waals surface area contributed by atoms with Gasteiger partial charge in [0.2, 0.25) is 0 Å². The molecule has 0 saturated carbocycles. The van der Waals surface area contributed by atoms with E-state index in [9.17, 15) is 4.79 Å².